The van der Waals surface area contributed by atoms with E-state index in [-0.39, 0.29) is 0 Å². The average Bonchev–Trinajstić information content (AvgIpc) is 2.99. The lowest BCUT2D eigenvalue weighted by molar-refractivity contribution is -0.239. The van der Waals surface area contributed by atoms with Gasteiger partial charge in [0.15, 0.2) is 17.4 Å². The number of phosphoric ester groups is 1. The summed E-state index contributed by atoms with van der Waals surface area (Å²) < 4.78 is 72.8. The predicted molar refractivity (Wildman–Crippen MR) is 130 cm³/mol. The maximum absolute atomic E-state index is 15.8. The van der Waals surface area contributed by atoms with Crippen LogP contribution in [0, 0.1) is 16.6 Å². The largest absolute Gasteiger partial charge is 0.480 e. The van der Waals surface area contributed by atoms with Crippen molar-refractivity contribution < 1.29 is 60.9 Å². The lowest BCUT2D eigenvalue weighted by Crippen LogP contribution is -2.48. The quantitative estimate of drug-likeness (QED) is 0.196. The highest BCUT2D eigenvalue weighted by molar-refractivity contribution is 7.48. The third kappa shape index (κ3) is 7.60. The number of aliphatic hydroxyl groups excluding tert-OH is 2. The SMILES string of the molecule is CC(C)(C)C(=O)OCOP(=O)(OCOC(=O)C(C)(C)C)OC[C@@]1(F)O[C@@](C)(n2cc(F)c(N)nc2=O)[C@H](O)[C@@H]1O. The number of anilines is 1. The van der Waals surface area contributed by atoms with Gasteiger partial charge in [-0.1, -0.05) is 0 Å². The summed E-state index contributed by atoms with van der Waals surface area (Å²) in [4.78, 5) is 39.4. The molecule has 18 heteroatoms. The zero-order valence-electron chi connectivity index (χ0n) is 23.0. The molecule has 1 fully saturated rings. The zero-order valence-corrected chi connectivity index (χ0v) is 23.9. The van der Waals surface area contributed by atoms with Crippen molar-refractivity contribution in [2.24, 2.45) is 10.8 Å². The first-order chi connectivity index (χ1) is 18.1. The molecule has 1 aromatic heterocycles. The van der Waals surface area contributed by atoms with Crippen molar-refractivity contribution in [3.05, 3.63) is 22.5 Å². The Bertz CT molecular complexity index is 1180. The number of nitrogens with zero attached hydrogens (tertiary/aromatic N) is 2. The summed E-state index contributed by atoms with van der Waals surface area (Å²) in [6.07, 6.45) is -4.20. The molecular formula is C22H34F2N3O12P. The molecule has 0 amide bonds. The number of hydrogen-bond donors (Lipinski definition) is 3. The molecular weight excluding hydrogens is 567 g/mol. The van der Waals surface area contributed by atoms with E-state index in [2.05, 4.69) is 4.98 Å². The van der Waals surface area contributed by atoms with E-state index in [0.717, 1.165) is 6.92 Å². The van der Waals surface area contributed by atoms with Gasteiger partial charge >= 0.3 is 25.5 Å². The number of hydrogen-bond acceptors (Lipinski definition) is 14. The molecule has 0 aromatic carbocycles. The number of halogens is 2. The number of nitrogen functional groups attached to an aromatic ring is 1. The molecule has 1 aliphatic heterocycles. The minimum absolute atomic E-state index is 0.360. The number of carbonyl (C=O) groups is 2. The van der Waals surface area contributed by atoms with Crippen LogP contribution in [0.2, 0.25) is 0 Å². The number of ether oxygens (including phenoxy) is 3. The highest BCUT2D eigenvalue weighted by Gasteiger charge is 2.63. The average molecular weight is 601 g/mol. The van der Waals surface area contributed by atoms with Crippen LogP contribution in [-0.2, 0) is 47.7 Å². The lowest BCUT2D eigenvalue weighted by atomic mass is 9.98. The Labute approximate surface area is 228 Å². The second-order valence-corrected chi connectivity index (χ2v) is 12.7. The Balaban J connectivity index is 2.25. The normalized spacial score (nSPS) is 25.6. The van der Waals surface area contributed by atoms with E-state index in [9.17, 15) is 33.6 Å². The van der Waals surface area contributed by atoms with Gasteiger partial charge in [0, 0.05) is 0 Å². The van der Waals surface area contributed by atoms with E-state index in [1.165, 1.54) is 41.5 Å². The van der Waals surface area contributed by atoms with Gasteiger partial charge < -0.3 is 30.2 Å². The number of phosphoric acid groups is 1. The molecule has 0 spiro atoms. The first-order valence-corrected chi connectivity index (χ1v) is 13.2. The van der Waals surface area contributed by atoms with Gasteiger partial charge in [0.25, 0.3) is 5.85 Å². The van der Waals surface area contributed by atoms with Crippen molar-refractivity contribution in [3.63, 3.8) is 0 Å². The summed E-state index contributed by atoms with van der Waals surface area (Å²) in [5.74, 6) is -6.94. The van der Waals surface area contributed by atoms with Gasteiger partial charge in [0.05, 0.1) is 17.0 Å². The standard InChI is InChI=1S/C22H34F2N3O12P/c1-19(2,3)16(30)34-10-37-40(33,38-11-35-17(31)20(4,5)6)36-9-22(24)14(29)13(28)21(7,39-22)27-8-12(23)15(25)26-18(27)32/h8,13-14,28-29H,9-11H2,1-7H3,(H2,25,26,32)/t13-,14+,21-,22-/m1/s1. The molecule has 1 saturated heterocycles. The number of esters is 2. The van der Waals surface area contributed by atoms with Crippen LogP contribution in [-0.4, -0.2) is 70.0 Å². The van der Waals surface area contributed by atoms with E-state index in [1.807, 2.05) is 0 Å². The summed E-state index contributed by atoms with van der Waals surface area (Å²) in [7, 11) is -4.94. The fourth-order valence-corrected chi connectivity index (χ4v) is 3.98. The third-order valence-corrected chi connectivity index (χ3v) is 6.79. The molecule has 0 aliphatic carbocycles. The second kappa shape index (κ2) is 11.8. The fourth-order valence-electron chi connectivity index (χ4n) is 3.06. The molecule has 0 saturated carbocycles. The van der Waals surface area contributed by atoms with Gasteiger partial charge in [-0.15, -0.1) is 0 Å². The van der Waals surface area contributed by atoms with Crippen LogP contribution in [0.3, 0.4) is 0 Å². The van der Waals surface area contributed by atoms with Crippen LogP contribution in [0.15, 0.2) is 11.0 Å². The molecule has 15 nitrogen and oxygen atoms in total. The smallest absolute Gasteiger partial charge is 0.437 e. The van der Waals surface area contributed by atoms with Gasteiger partial charge in [-0.2, -0.15) is 4.98 Å². The van der Waals surface area contributed by atoms with E-state index in [1.54, 1.807) is 0 Å². The Morgan fingerprint density at radius 1 is 1.07 bits per heavy atom. The maximum Gasteiger partial charge on any atom is 0.480 e. The van der Waals surface area contributed by atoms with Crippen molar-refractivity contribution in [1.29, 1.82) is 0 Å². The minimum Gasteiger partial charge on any atom is -0.437 e. The Kier molecular flexibility index (Phi) is 9.90. The monoisotopic (exact) mass is 601 g/mol. The van der Waals surface area contributed by atoms with Gasteiger partial charge in [-0.25, -0.2) is 27.2 Å². The molecule has 0 bridgehead atoms. The maximum atomic E-state index is 15.8. The molecule has 40 heavy (non-hydrogen) atoms. The number of aromatic nitrogens is 2. The predicted octanol–water partition coefficient (Wildman–Crippen LogP) is 1.31. The summed E-state index contributed by atoms with van der Waals surface area (Å²) >= 11 is 0. The van der Waals surface area contributed by atoms with Crippen LogP contribution in [0.4, 0.5) is 14.6 Å². The van der Waals surface area contributed by atoms with E-state index < -0.39 is 91.9 Å². The first-order valence-electron chi connectivity index (χ1n) is 11.7. The van der Waals surface area contributed by atoms with E-state index in [4.69, 9.17) is 33.5 Å². The molecule has 1 aromatic rings. The molecule has 2 rings (SSSR count). The molecule has 4 atom stereocenters. The third-order valence-electron chi connectivity index (χ3n) is 5.50. The highest BCUT2D eigenvalue weighted by Crippen LogP contribution is 2.52. The Hall–Kier alpha value is -2.53. The van der Waals surface area contributed by atoms with Crippen LogP contribution in [0.5, 0.6) is 0 Å². The molecule has 0 radical (unpaired) electrons. The number of alkyl halides is 1. The minimum atomic E-state index is -4.94. The first kappa shape index (κ1) is 33.7. The van der Waals surface area contributed by atoms with Crippen molar-refractivity contribution in [3.8, 4) is 0 Å². The fraction of sp³-hybridized carbons (Fsp3) is 0.727. The lowest BCUT2D eigenvalue weighted by Gasteiger charge is -2.30. The molecule has 228 valence electrons. The van der Waals surface area contributed by atoms with E-state index >= 15 is 4.39 Å². The number of carbonyl (C=O) groups excluding carboxylic acids is 2. The van der Waals surface area contributed by atoms with Crippen LogP contribution < -0.4 is 11.4 Å². The Morgan fingerprint density at radius 3 is 2.00 bits per heavy atom. The topological polar surface area (TPSA) is 208 Å². The van der Waals surface area contributed by atoms with Crippen LogP contribution in [0.25, 0.3) is 0 Å². The zero-order chi connectivity index (χ0) is 30.9. The summed E-state index contributed by atoms with van der Waals surface area (Å²) in [6, 6.07) is 0. The van der Waals surface area contributed by atoms with Crippen molar-refractivity contribution >= 4 is 25.6 Å². The number of aliphatic hydroxyl groups is 2. The van der Waals surface area contributed by atoms with Crippen LogP contribution in [0.1, 0.15) is 48.5 Å². The molecule has 1 aliphatic rings. The highest BCUT2D eigenvalue weighted by atomic mass is 31.2. The van der Waals surface area contributed by atoms with Crippen molar-refractivity contribution in [2.45, 2.75) is 72.3 Å². The van der Waals surface area contributed by atoms with Crippen molar-refractivity contribution in [1.82, 2.24) is 9.55 Å². The van der Waals surface area contributed by atoms with Crippen LogP contribution >= 0.6 is 7.82 Å². The summed E-state index contributed by atoms with van der Waals surface area (Å²) in [5, 5.41) is 20.9. The molecule has 2 heterocycles. The van der Waals surface area contributed by atoms with Crippen molar-refractivity contribution in [2.75, 3.05) is 25.9 Å². The summed E-state index contributed by atoms with van der Waals surface area (Å²) in [5.41, 5.74) is -0.416. The molecule has 0 unspecified atom stereocenters. The van der Waals surface area contributed by atoms with Gasteiger partial charge in [-0.3, -0.25) is 18.7 Å². The number of nitrogens with two attached hydrogens (primary N) is 1. The molecule has 4 N–H and O–H groups in total. The van der Waals surface area contributed by atoms with Gasteiger partial charge in [0.1, 0.15) is 18.8 Å². The Morgan fingerprint density at radius 2 is 1.55 bits per heavy atom. The van der Waals surface area contributed by atoms with Gasteiger partial charge in [0.2, 0.25) is 13.6 Å². The summed E-state index contributed by atoms with van der Waals surface area (Å²) in [6.45, 7) is 6.59. The second-order valence-electron chi connectivity index (χ2n) is 11.0. The number of rotatable bonds is 10. The van der Waals surface area contributed by atoms with E-state index in [0.29, 0.717) is 10.8 Å². The van der Waals surface area contributed by atoms with Gasteiger partial charge in [-0.05, 0) is 48.5 Å².